The van der Waals surface area contributed by atoms with Gasteiger partial charge < -0.3 is 14.6 Å². The fourth-order valence-corrected chi connectivity index (χ4v) is 2.24. The lowest BCUT2D eigenvalue weighted by Crippen LogP contribution is -1.98. The van der Waals surface area contributed by atoms with Crippen molar-refractivity contribution >= 4 is 29.5 Å². The van der Waals surface area contributed by atoms with Crippen molar-refractivity contribution in [2.45, 2.75) is 6.92 Å². The minimum atomic E-state index is -0.971. The second kappa shape index (κ2) is 8.21. The number of ether oxygens (including phenoxy) is 2. The van der Waals surface area contributed by atoms with Crippen LogP contribution in [-0.2, 0) is 0 Å². The number of hydrazone groups is 1. The van der Waals surface area contributed by atoms with Gasteiger partial charge in [-0.2, -0.15) is 5.10 Å². The van der Waals surface area contributed by atoms with Crippen LogP contribution >= 0.6 is 11.6 Å². The molecule has 0 amide bonds. The van der Waals surface area contributed by atoms with E-state index in [4.69, 9.17) is 26.2 Å². The maximum Gasteiger partial charge on any atom is 0.335 e. The molecule has 0 radical (unpaired) electrons. The molecule has 6 nitrogen and oxygen atoms in total. The highest BCUT2D eigenvalue weighted by Crippen LogP contribution is 2.35. The van der Waals surface area contributed by atoms with Gasteiger partial charge in [0.1, 0.15) is 0 Å². The number of methoxy groups -OCH3 is 1. The van der Waals surface area contributed by atoms with Crippen molar-refractivity contribution in [1.29, 1.82) is 0 Å². The molecule has 0 aromatic heterocycles. The third kappa shape index (κ3) is 4.39. The summed E-state index contributed by atoms with van der Waals surface area (Å²) >= 11 is 6.19. The lowest BCUT2D eigenvalue weighted by molar-refractivity contribution is 0.0697. The van der Waals surface area contributed by atoms with Crippen LogP contribution in [0.25, 0.3) is 0 Å². The number of hydrogen-bond donors (Lipinski definition) is 2. The molecule has 0 aliphatic carbocycles. The Morgan fingerprint density at radius 3 is 2.62 bits per heavy atom. The molecule has 2 N–H and O–H groups in total. The van der Waals surface area contributed by atoms with E-state index in [1.807, 2.05) is 6.92 Å². The van der Waals surface area contributed by atoms with Gasteiger partial charge in [0, 0.05) is 0 Å². The summed E-state index contributed by atoms with van der Waals surface area (Å²) in [7, 11) is 1.54. The van der Waals surface area contributed by atoms with Crippen LogP contribution in [0.3, 0.4) is 0 Å². The van der Waals surface area contributed by atoms with E-state index in [1.54, 1.807) is 30.5 Å². The first-order chi connectivity index (χ1) is 11.5. The molecule has 0 aliphatic rings. The summed E-state index contributed by atoms with van der Waals surface area (Å²) in [6.07, 6.45) is 1.58. The third-order valence-electron chi connectivity index (χ3n) is 3.08. The summed E-state index contributed by atoms with van der Waals surface area (Å²) in [5.74, 6) is 0.0498. The SMILES string of the molecule is CCOc1c(Cl)cc(/C=N/Nc2ccc(C(=O)O)cc2)cc1OC. The monoisotopic (exact) mass is 348 g/mol. The van der Waals surface area contributed by atoms with Gasteiger partial charge >= 0.3 is 5.97 Å². The van der Waals surface area contributed by atoms with Gasteiger partial charge in [-0.15, -0.1) is 0 Å². The maximum atomic E-state index is 10.8. The lowest BCUT2D eigenvalue weighted by Gasteiger charge is -2.11. The molecule has 2 rings (SSSR count). The first-order valence-electron chi connectivity index (χ1n) is 7.18. The standard InChI is InChI=1S/C17H17ClN2O4/c1-3-24-16-14(18)8-11(9-15(16)23-2)10-19-20-13-6-4-12(5-7-13)17(21)22/h4-10,20H,3H2,1-2H3,(H,21,22)/b19-10+. The molecule has 2 aromatic rings. The van der Waals surface area contributed by atoms with Crippen LogP contribution < -0.4 is 14.9 Å². The van der Waals surface area contributed by atoms with Crippen molar-refractivity contribution in [2.75, 3.05) is 19.1 Å². The smallest absolute Gasteiger partial charge is 0.335 e. The van der Waals surface area contributed by atoms with E-state index in [9.17, 15) is 4.79 Å². The fraction of sp³-hybridized carbons (Fsp3) is 0.176. The van der Waals surface area contributed by atoms with Gasteiger partial charge in [-0.25, -0.2) is 4.79 Å². The maximum absolute atomic E-state index is 10.8. The van der Waals surface area contributed by atoms with E-state index in [0.717, 1.165) is 5.56 Å². The van der Waals surface area contributed by atoms with Crippen LogP contribution in [0, 0.1) is 0 Å². The average molecular weight is 349 g/mol. The number of anilines is 1. The summed E-state index contributed by atoms with van der Waals surface area (Å²) < 4.78 is 10.7. The average Bonchev–Trinajstić information content (AvgIpc) is 2.57. The van der Waals surface area contributed by atoms with Crippen molar-refractivity contribution < 1.29 is 19.4 Å². The lowest BCUT2D eigenvalue weighted by atomic mass is 10.2. The van der Waals surface area contributed by atoms with Gasteiger partial charge in [-0.05, 0) is 48.9 Å². The molecule has 126 valence electrons. The zero-order valence-corrected chi connectivity index (χ0v) is 14.0. The highest BCUT2D eigenvalue weighted by molar-refractivity contribution is 6.32. The number of rotatable bonds is 7. The number of carboxylic acids is 1. The Labute approximate surface area is 144 Å². The molecule has 0 aliphatic heterocycles. The number of benzene rings is 2. The highest BCUT2D eigenvalue weighted by atomic mass is 35.5. The van der Waals surface area contributed by atoms with E-state index in [-0.39, 0.29) is 5.56 Å². The van der Waals surface area contributed by atoms with Crippen molar-refractivity contribution in [3.8, 4) is 11.5 Å². The summed E-state index contributed by atoms with van der Waals surface area (Å²) in [5.41, 5.74) is 4.43. The predicted molar refractivity (Wildman–Crippen MR) is 93.8 cm³/mol. The van der Waals surface area contributed by atoms with E-state index >= 15 is 0 Å². The summed E-state index contributed by atoms with van der Waals surface area (Å²) in [6.45, 7) is 2.35. The molecule has 0 saturated heterocycles. The highest BCUT2D eigenvalue weighted by Gasteiger charge is 2.10. The minimum absolute atomic E-state index is 0.215. The van der Waals surface area contributed by atoms with Crippen LogP contribution in [-0.4, -0.2) is 31.0 Å². The zero-order chi connectivity index (χ0) is 17.5. The van der Waals surface area contributed by atoms with Crippen LogP contribution in [0.2, 0.25) is 5.02 Å². The number of hydrogen-bond acceptors (Lipinski definition) is 5. The number of nitrogens with zero attached hydrogens (tertiary/aromatic N) is 1. The number of nitrogens with one attached hydrogen (secondary N) is 1. The van der Waals surface area contributed by atoms with E-state index in [2.05, 4.69) is 10.5 Å². The second-order valence-corrected chi connectivity index (χ2v) is 5.13. The molecule has 0 atom stereocenters. The number of carboxylic acid groups (broad SMARTS) is 1. The largest absolute Gasteiger partial charge is 0.493 e. The van der Waals surface area contributed by atoms with Gasteiger partial charge in [0.2, 0.25) is 0 Å². The van der Waals surface area contributed by atoms with Crippen molar-refractivity contribution in [3.05, 3.63) is 52.5 Å². The number of carbonyl (C=O) groups is 1. The fourth-order valence-electron chi connectivity index (χ4n) is 1.97. The van der Waals surface area contributed by atoms with Crippen molar-refractivity contribution in [1.82, 2.24) is 0 Å². The number of aromatic carboxylic acids is 1. The van der Waals surface area contributed by atoms with Gasteiger partial charge in [0.05, 0.1) is 36.2 Å². The van der Waals surface area contributed by atoms with Crippen LogP contribution in [0.15, 0.2) is 41.5 Å². The molecular formula is C17H17ClN2O4. The van der Waals surface area contributed by atoms with Crippen LogP contribution in [0.1, 0.15) is 22.8 Å². The summed E-state index contributed by atoms with van der Waals surface area (Å²) in [5, 5.41) is 13.4. The first kappa shape index (κ1) is 17.6. The molecule has 2 aromatic carbocycles. The van der Waals surface area contributed by atoms with Crippen molar-refractivity contribution in [3.63, 3.8) is 0 Å². The molecule has 0 spiro atoms. The Morgan fingerprint density at radius 2 is 2.04 bits per heavy atom. The Kier molecular flexibility index (Phi) is 6.03. The van der Waals surface area contributed by atoms with Crippen LogP contribution in [0.5, 0.6) is 11.5 Å². The van der Waals surface area contributed by atoms with Gasteiger partial charge in [-0.1, -0.05) is 11.6 Å². The Bertz CT molecular complexity index is 745. The molecule has 24 heavy (non-hydrogen) atoms. The molecule has 0 saturated carbocycles. The van der Waals surface area contributed by atoms with Gasteiger partial charge in [-0.3, -0.25) is 5.43 Å². The summed E-state index contributed by atoms with van der Waals surface area (Å²) in [4.78, 5) is 10.8. The normalized spacial score (nSPS) is 10.6. The third-order valence-corrected chi connectivity index (χ3v) is 3.36. The Morgan fingerprint density at radius 1 is 1.33 bits per heavy atom. The van der Waals surface area contributed by atoms with E-state index in [0.29, 0.717) is 28.8 Å². The zero-order valence-electron chi connectivity index (χ0n) is 13.2. The second-order valence-electron chi connectivity index (χ2n) is 4.72. The summed E-state index contributed by atoms with van der Waals surface area (Å²) in [6, 6.07) is 9.73. The van der Waals surface area contributed by atoms with E-state index < -0.39 is 5.97 Å². The first-order valence-corrected chi connectivity index (χ1v) is 7.55. The minimum Gasteiger partial charge on any atom is -0.493 e. The molecular weight excluding hydrogens is 332 g/mol. The van der Waals surface area contributed by atoms with Crippen molar-refractivity contribution in [2.24, 2.45) is 5.10 Å². The molecule has 0 heterocycles. The topological polar surface area (TPSA) is 80.2 Å². The van der Waals surface area contributed by atoms with E-state index in [1.165, 1.54) is 19.2 Å². The Balaban J connectivity index is 2.11. The van der Waals surface area contributed by atoms with Crippen LogP contribution in [0.4, 0.5) is 5.69 Å². The molecule has 0 fully saturated rings. The molecule has 0 unspecified atom stereocenters. The Hall–Kier alpha value is -2.73. The predicted octanol–water partition coefficient (Wildman–Crippen LogP) is 3.89. The van der Waals surface area contributed by atoms with Gasteiger partial charge in [0.15, 0.2) is 11.5 Å². The van der Waals surface area contributed by atoms with Gasteiger partial charge in [0.25, 0.3) is 0 Å². The molecule has 7 heteroatoms. The number of halogens is 1. The molecule has 0 bridgehead atoms. The quantitative estimate of drug-likeness (QED) is 0.586.